The summed E-state index contributed by atoms with van der Waals surface area (Å²) in [6.45, 7) is 0. The highest BCUT2D eigenvalue weighted by atomic mass is 14.7. The predicted molar refractivity (Wildman–Crippen MR) is 133 cm³/mol. The molecule has 2 aromatic heterocycles. The van der Waals surface area contributed by atoms with E-state index in [0.717, 1.165) is 44.7 Å². The van der Waals surface area contributed by atoms with Crippen LogP contribution in [0.25, 0.3) is 44.3 Å². The molecule has 0 fully saturated rings. The van der Waals surface area contributed by atoms with Gasteiger partial charge in [-0.25, -0.2) is 0 Å². The molecule has 6 aromatic rings. The van der Waals surface area contributed by atoms with E-state index in [9.17, 15) is 0 Å². The molecule has 6 rings (SSSR count). The zero-order chi connectivity index (χ0) is 21.5. The zero-order valence-corrected chi connectivity index (χ0v) is 17.5. The number of aromatic nitrogens is 2. The maximum absolute atomic E-state index is 6.60. The van der Waals surface area contributed by atoms with E-state index in [0.29, 0.717) is 0 Å². The van der Waals surface area contributed by atoms with Gasteiger partial charge in [-0.15, -0.1) is 0 Å². The molecule has 4 aromatic carbocycles. The van der Waals surface area contributed by atoms with E-state index < -0.39 is 0 Å². The van der Waals surface area contributed by atoms with Crippen molar-refractivity contribution in [1.29, 1.82) is 0 Å². The normalized spacial score (nSPS) is 11.6. The Morgan fingerprint density at radius 2 is 0.906 bits per heavy atom. The minimum absolute atomic E-state index is 0.163. The first kappa shape index (κ1) is 18.7. The molecular formula is C29H23N3. The summed E-state index contributed by atoms with van der Waals surface area (Å²) < 4.78 is 0. The van der Waals surface area contributed by atoms with Gasteiger partial charge in [0.05, 0.1) is 6.04 Å². The van der Waals surface area contributed by atoms with E-state index >= 15 is 0 Å². The second-order valence-electron chi connectivity index (χ2n) is 8.26. The summed E-state index contributed by atoms with van der Waals surface area (Å²) in [7, 11) is 0. The van der Waals surface area contributed by atoms with Crippen LogP contribution in [0.2, 0.25) is 0 Å². The van der Waals surface area contributed by atoms with Gasteiger partial charge in [0, 0.05) is 33.2 Å². The van der Waals surface area contributed by atoms with Crippen LogP contribution in [0.3, 0.4) is 0 Å². The number of fused-ring (bicyclic) bond motifs is 2. The Labute approximate surface area is 186 Å². The summed E-state index contributed by atoms with van der Waals surface area (Å²) in [5.74, 6) is 0. The number of nitrogens with two attached hydrogens (primary N) is 1. The monoisotopic (exact) mass is 413 g/mol. The van der Waals surface area contributed by atoms with E-state index in [2.05, 4.69) is 107 Å². The number of hydrogen-bond donors (Lipinski definition) is 3. The van der Waals surface area contributed by atoms with Crippen molar-refractivity contribution >= 4 is 21.8 Å². The quantitative estimate of drug-likeness (QED) is 0.285. The molecule has 0 amide bonds. The second kappa shape index (κ2) is 7.56. The van der Waals surface area contributed by atoms with E-state index in [1.807, 2.05) is 12.1 Å². The SMILES string of the molecule is NC(c1ccc(-c2cc3ccccc3[nH]2)cc1)c1ccc(-c2cc3ccccc3[nH]2)cc1. The van der Waals surface area contributed by atoms with E-state index in [-0.39, 0.29) is 6.04 Å². The van der Waals surface area contributed by atoms with Crippen LogP contribution in [0, 0.1) is 0 Å². The van der Waals surface area contributed by atoms with Crippen LogP contribution >= 0.6 is 0 Å². The number of hydrogen-bond acceptors (Lipinski definition) is 1. The molecular weight excluding hydrogens is 390 g/mol. The lowest BCUT2D eigenvalue weighted by atomic mass is 9.97. The zero-order valence-electron chi connectivity index (χ0n) is 17.5. The van der Waals surface area contributed by atoms with Gasteiger partial charge in [0.15, 0.2) is 0 Å². The highest BCUT2D eigenvalue weighted by molar-refractivity contribution is 5.86. The van der Waals surface area contributed by atoms with Gasteiger partial charge in [-0.05, 0) is 46.5 Å². The topological polar surface area (TPSA) is 57.6 Å². The molecule has 0 spiro atoms. The predicted octanol–water partition coefficient (Wildman–Crippen LogP) is 7.03. The molecule has 32 heavy (non-hydrogen) atoms. The molecule has 0 saturated carbocycles. The third kappa shape index (κ3) is 3.29. The van der Waals surface area contributed by atoms with Crippen molar-refractivity contribution in [3.63, 3.8) is 0 Å². The highest BCUT2D eigenvalue weighted by Gasteiger charge is 2.11. The average Bonchev–Trinajstić information content (AvgIpc) is 3.48. The van der Waals surface area contributed by atoms with Gasteiger partial charge >= 0.3 is 0 Å². The third-order valence-corrected chi connectivity index (χ3v) is 6.22. The van der Waals surface area contributed by atoms with Crippen LogP contribution in [0.1, 0.15) is 17.2 Å². The van der Waals surface area contributed by atoms with Crippen LogP contribution in [-0.2, 0) is 0 Å². The van der Waals surface area contributed by atoms with Gasteiger partial charge in [-0.3, -0.25) is 0 Å². The van der Waals surface area contributed by atoms with Crippen molar-refractivity contribution in [3.05, 3.63) is 120 Å². The van der Waals surface area contributed by atoms with Gasteiger partial charge < -0.3 is 15.7 Å². The molecule has 154 valence electrons. The molecule has 2 heterocycles. The fourth-order valence-electron chi connectivity index (χ4n) is 4.39. The molecule has 0 aliphatic rings. The second-order valence-corrected chi connectivity index (χ2v) is 8.26. The number of aromatic amines is 2. The van der Waals surface area contributed by atoms with E-state index in [1.54, 1.807) is 0 Å². The van der Waals surface area contributed by atoms with Crippen molar-refractivity contribution in [1.82, 2.24) is 9.97 Å². The first-order chi connectivity index (χ1) is 15.7. The van der Waals surface area contributed by atoms with Crippen molar-refractivity contribution in [3.8, 4) is 22.5 Å². The van der Waals surface area contributed by atoms with E-state index in [1.165, 1.54) is 10.8 Å². The van der Waals surface area contributed by atoms with Crippen molar-refractivity contribution < 1.29 is 0 Å². The Balaban J connectivity index is 1.24. The summed E-state index contributed by atoms with van der Waals surface area (Å²) >= 11 is 0. The Bertz CT molecular complexity index is 1340. The van der Waals surface area contributed by atoms with Gasteiger partial charge in [0.2, 0.25) is 0 Å². The summed E-state index contributed by atoms with van der Waals surface area (Å²) in [5.41, 5.74) is 15.7. The number of benzene rings is 4. The molecule has 3 heteroatoms. The largest absolute Gasteiger partial charge is 0.355 e. The lowest BCUT2D eigenvalue weighted by Crippen LogP contribution is -2.11. The van der Waals surface area contributed by atoms with Gasteiger partial charge in [-0.2, -0.15) is 0 Å². The Morgan fingerprint density at radius 1 is 0.500 bits per heavy atom. The molecule has 0 aliphatic carbocycles. The van der Waals surface area contributed by atoms with Gasteiger partial charge in [0.25, 0.3) is 0 Å². The van der Waals surface area contributed by atoms with Gasteiger partial charge in [0.1, 0.15) is 0 Å². The first-order valence-corrected chi connectivity index (χ1v) is 10.9. The number of nitrogens with one attached hydrogen (secondary N) is 2. The van der Waals surface area contributed by atoms with Crippen LogP contribution in [0.5, 0.6) is 0 Å². The molecule has 0 unspecified atom stereocenters. The fourth-order valence-corrected chi connectivity index (χ4v) is 4.39. The van der Waals surface area contributed by atoms with Crippen molar-refractivity contribution in [2.75, 3.05) is 0 Å². The maximum atomic E-state index is 6.60. The van der Waals surface area contributed by atoms with Crippen molar-refractivity contribution in [2.24, 2.45) is 5.73 Å². The standard InChI is InChI=1S/C29H23N3/c30-29(21-13-9-19(10-14-21)27-17-23-5-1-3-7-25(23)31-27)22-15-11-20(12-16-22)28-18-24-6-2-4-8-26(24)32-28/h1-18,29,31-32H,30H2. The van der Waals surface area contributed by atoms with Crippen LogP contribution in [0.4, 0.5) is 0 Å². The summed E-state index contributed by atoms with van der Waals surface area (Å²) in [6.07, 6.45) is 0. The molecule has 0 aliphatic heterocycles. The van der Waals surface area contributed by atoms with Crippen LogP contribution < -0.4 is 5.73 Å². The fraction of sp³-hybridized carbons (Fsp3) is 0.0345. The average molecular weight is 414 g/mol. The molecule has 0 radical (unpaired) electrons. The van der Waals surface area contributed by atoms with E-state index in [4.69, 9.17) is 5.73 Å². The highest BCUT2D eigenvalue weighted by Crippen LogP contribution is 2.29. The summed E-state index contributed by atoms with van der Waals surface area (Å²) in [6, 6.07) is 37.9. The van der Waals surface area contributed by atoms with Crippen LogP contribution in [-0.4, -0.2) is 9.97 Å². The smallest absolute Gasteiger partial charge is 0.0551 e. The number of H-pyrrole nitrogens is 2. The van der Waals surface area contributed by atoms with Gasteiger partial charge in [-0.1, -0.05) is 84.9 Å². The molecule has 3 nitrogen and oxygen atoms in total. The minimum atomic E-state index is -0.163. The maximum Gasteiger partial charge on any atom is 0.0551 e. The molecule has 0 bridgehead atoms. The Morgan fingerprint density at radius 3 is 1.31 bits per heavy atom. The lowest BCUT2D eigenvalue weighted by molar-refractivity contribution is 0.872. The number of rotatable bonds is 4. The summed E-state index contributed by atoms with van der Waals surface area (Å²) in [5, 5.41) is 2.44. The Hall–Kier alpha value is -4.08. The minimum Gasteiger partial charge on any atom is -0.355 e. The Kier molecular flexibility index (Phi) is 4.41. The molecule has 4 N–H and O–H groups in total. The first-order valence-electron chi connectivity index (χ1n) is 10.9. The lowest BCUT2D eigenvalue weighted by Gasteiger charge is -2.14. The van der Waals surface area contributed by atoms with Crippen LogP contribution in [0.15, 0.2) is 109 Å². The molecule has 0 saturated heterocycles. The third-order valence-electron chi connectivity index (χ3n) is 6.22. The molecule has 0 atom stereocenters. The number of para-hydroxylation sites is 2. The van der Waals surface area contributed by atoms with Crippen molar-refractivity contribution in [2.45, 2.75) is 6.04 Å². The summed E-state index contributed by atoms with van der Waals surface area (Å²) in [4.78, 5) is 6.98.